The number of methoxy groups -OCH3 is 1. The van der Waals surface area contributed by atoms with Crippen LogP contribution in [0.3, 0.4) is 0 Å². The van der Waals surface area contributed by atoms with Crippen molar-refractivity contribution in [2.24, 2.45) is 0 Å². The maximum Gasteiger partial charge on any atom is 0.340 e. The van der Waals surface area contributed by atoms with E-state index in [1.54, 1.807) is 25.1 Å². The smallest absolute Gasteiger partial charge is 0.340 e. The minimum Gasteiger partial charge on any atom is -0.465 e. The van der Waals surface area contributed by atoms with Crippen molar-refractivity contribution in [2.45, 2.75) is 6.92 Å². The van der Waals surface area contributed by atoms with Gasteiger partial charge in [0.1, 0.15) is 28.2 Å². The van der Waals surface area contributed by atoms with Gasteiger partial charge in [-0.1, -0.05) is 30.3 Å². The van der Waals surface area contributed by atoms with Gasteiger partial charge in [-0.2, -0.15) is 5.26 Å². The quantitative estimate of drug-likeness (QED) is 0.388. The van der Waals surface area contributed by atoms with E-state index in [0.29, 0.717) is 16.5 Å². The van der Waals surface area contributed by atoms with Crippen molar-refractivity contribution in [1.29, 1.82) is 5.26 Å². The number of nitriles is 1. The molecule has 0 saturated carbocycles. The van der Waals surface area contributed by atoms with E-state index in [1.807, 2.05) is 36.4 Å². The van der Waals surface area contributed by atoms with E-state index in [2.05, 4.69) is 5.32 Å². The predicted octanol–water partition coefficient (Wildman–Crippen LogP) is 4.65. The van der Waals surface area contributed by atoms with Gasteiger partial charge in [0.05, 0.1) is 12.7 Å². The standard InChI is InChI=1S/C21H16N2O4S/c1-13-8-9-16(27-13)10-15(12-22)19(24)23-20-17(21(25)26-2)11-18(28-20)14-6-4-3-5-7-14/h3-11H,1-2H3,(H,23,24). The molecule has 0 aliphatic carbocycles. The van der Waals surface area contributed by atoms with Crippen molar-refractivity contribution in [3.63, 3.8) is 0 Å². The van der Waals surface area contributed by atoms with Crippen molar-refractivity contribution in [3.8, 4) is 16.5 Å². The lowest BCUT2D eigenvalue weighted by Gasteiger charge is -2.04. The van der Waals surface area contributed by atoms with E-state index in [1.165, 1.54) is 24.5 Å². The summed E-state index contributed by atoms with van der Waals surface area (Å²) in [5.41, 5.74) is 0.992. The first-order valence-electron chi connectivity index (χ1n) is 8.29. The lowest BCUT2D eigenvalue weighted by atomic mass is 10.1. The summed E-state index contributed by atoms with van der Waals surface area (Å²) in [5.74, 6) is -0.141. The number of anilines is 1. The summed E-state index contributed by atoms with van der Waals surface area (Å²) < 4.78 is 10.2. The Hall–Kier alpha value is -3.63. The summed E-state index contributed by atoms with van der Waals surface area (Å²) in [6, 6.07) is 16.4. The Balaban J connectivity index is 1.93. The molecule has 1 aromatic carbocycles. The molecule has 0 aliphatic rings. The number of ether oxygens (including phenoxy) is 1. The highest BCUT2D eigenvalue weighted by atomic mass is 32.1. The van der Waals surface area contributed by atoms with E-state index >= 15 is 0 Å². The lowest BCUT2D eigenvalue weighted by Crippen LogP contribution is -2.15. The third-order valence-electron chi connectivity index (χ3n) is 3.84. The number of benzene rings is 1. The van der Waals surface area contributed by atoms with Gasteiger partial charge in [0.15, 0.2) is 0 Å². The third-order valence-corrected chi connectivity index (χ3v) is 4.94. The summed E-state index contributed by atoms with van der Waals surface area (Å²) >= 11 is 1.23. The van der Waals surface area contributed by atoms with Crippen LogP contribution < -0.4 is 5.32 Å². The molecule has 7 heteroatoms. The number of amides is 1. The largest absolute Gasteiger partial charge is 0.465 e. The van der Waals surface area contributed by atoms with Crippen LogP contribution in [0.5, 0.6) is 0 Å². The average molecular weight is 392 g/mol. The predicted molar refractivity (Wildman–Crippen MR) is 107 cm³/mol. The number of carbonyl (C=O) groups excluding carboxylic acids is 2. The fraction of sp³-hybridized carbons (Fsp3) is 0.0952. The Morgan fingerprint density at radius 1 is 1.21 bits per heavy atom. The van der Waals surface area contributed by atoms with Gasteiger partial charge in [-0.05, 0) is 30.7 Å². The van der Waals surface area contributed by atoms with Crippen LogP contribution in [0.15, 0.2) is 58.5 Å². The molecule has 6 nitrogen and oxygen atoms in total. The summed E-state index contributed by atoms with van der Waals surface area (Å²) in [6.07, 6.45) is 1.35. The zero-order valence-electron chi connectivity index (χ0n) is 15.2. The number of hydrogen-bond acceptors (Lipinski definition) is 6. The van der Waals surface area contributed by atoms with Crippen molar-refractivity contribution in [2.75, 3.05) is 12.4 Å². The zero-order valence-corrected chi connectivity index (χ0v) is 16.0. The molecule has 28 heavy (non-hydrogen) atoms. The van der Waals surface area contributed by atoms with Crippen LogP contribution in [0.4, 0.5) is 5.00 Å². The van der Waals surface area contributed by atoms with E-state index in [9.17, 15) is 14.9 Å². The van der Waals surface area contributed by atoms with Gasteiger partial charge >= 0.3 is 5.97 Å². The molecule has 1 N–H and O–H groups in total. The monoisotopic (exact) mass is 392 g/mol. The first-order valence-corrected chi connectivity index (χ1v) is 9.10. The molecule has 0 saturated heterocycles. The highest BCUT2D eigenvalue weighted by Crippen LogP contribution is 2.36. The van der Waals surface area contributed by atoms with E-state index in [0.717, 1.165) is 10.4 Å². The van der Waals surface area contributed by atoms with Crippen LogP contribution in [-0.4, -0.2) is 19.0 Å². The van der Waals surface area contributed by atoms with Gasteiger partial charge < -0.3 is 14.5 Å². The van der Waals surface area contributed by atoms with Crippen LogP contribution in [0.25, 0.3) is 16.5 Å². The van der Waals surface area contributed by atoms with Gasteiger partial charge in [0.2, 0.25) is 0 Å². The molecule has 0 bridgehead atoms. The topological polar surface area (TPSA) is 92.3 Å². The van der Waals surface area contributed by atoms with Gasteiger partial charge in [-0.25, -0.2) is 4.79 Å². The zero-order chi connectivity index (χ0) is 20.1. The fourth-order valence-electron chi connectivity index (χ4n) is 2.48. The van der Waals surface area contributed by atoms with Crippen LogP contribution in [0.2, 0.25) is 0 Å². The molecule has 2 heterocycles. The average Bonchev–Trinajstić information content (AvgIpc) is 3.32. The van der Waals surface area contributed by atoms with Gasteiger partial charge in [-0.15, -0.1) is 11.3 Å². The third kappa shape index (κ3) is 4.19. The second kappa shape index (κ2) is 8.37. The van der Waals surface area contributed by atoms with Crippen LogP contribution in [0.1, 0.15) is 21.9 Å². The molecule has 0 aliphatic heterocycles. The minimum atomic E-state index is -0.636. The number of nitrogens with one attached hydrogen (secondary N) is 1. The highest BCUT2D eigenvalue weighted by Gasteiger charge is 2.21. The first kappa shape index (κ1) is 19.1. The van der Waals surface area contributed by atoms with E-state index in [4.69, 9.17) is 9.15 Å². The summed E-state index contributed by atoms with van der Waals surface area (Å²) in [6.45, 7) is 1.77. The summed E-state index contributed by atoms with van der Waals surface area (Å²) in [5, 5.41) is 12.3. The van der Waals surface area contributed by atoms with Crippen molar-refractivity contribution in [1.82, 2.24) is 0 Å². The normalized spacial score (nSPS) is 11.0. The molecule has 3 aromatic rings. The van der Waals surface area contributed by atoms with E-state index in [-0.39, 0.29) is 11.1 Å². The highest BCUT2D eigenvalue weighted by molar-refractivity contribution is 7.20. The first-order chi connectivity index (χ1) is 13.5. The number of furan rings is 1. The number of rotatable bonds is 5. The van der Waals surface area contributed by atoms with Gasteiger partial charge in [-0.3, -0.25) is 4.79 Å². The van der Waals surface area contributed by atoms with E-state index < -0.39 is 11.9 Å². The van der Waals surface area contributed by atoms with Crippen molar-refractivity contribution >= 4 is 34.3 Å². The Morgan fingerprint density at radius 2 is 1.96 bits per heavy atom. The Labute approximate surface area is 165 Å². The van der Waals surface area contributed by atoms with Gasteiger partial charge in [0.25, 0.3) is 5.91 Å². The van der Waals surface area contributed by atoms with Crippen LogP contribution in [-0.2, 0) is 9.53 Å². The van der Waals surface area contributed by atoms with Crippen molar-refractivity contribution in [3.05, 3.63) is 71.2 Å². The van der Waals surface area contributed by atoms with Crippen LogP contribution in [0, 0.1) is 18.3 Å². The number of hydrogen-bond donors (Lipinski definition) is 1. The molecule has 140 valence electrons. The maximum absolute atomic E-state index is 12.6. The molecular weight excluding hydrogens is 376 g/mol. The molecule has 0 radical (unpaired) electrons. The minimum absolute atomic E-state index is 0.139. The number of nitrogens with zero attached hydrogens (tertiary/aromatic N) is 1. The van der Waals surface area contributed by atoms with Crippen LogP contribution >= 0.6 is 11.3 Å². The SMILES string of the molecule is COC(=O)c1cc(-c2ccccc2)sc1NC(=O)C(C#N)=Cc1ccc(C)o1. The number of esters is 1. The fourth-order valence-corrected chi connectivity index (χ4v) is 3.53. The summed E-state index contributed by atoms with van der Waals surface area (Å²) in [4.78, 5) is 25.5. The van der Waals surface area contributed by atoms with Crippen molar-refractivity contribution < 1.29 is 18.7 Å². The molecular formula is C21H16N2O4S. The summed E-state index contributed by atoms with van der Waals surface area (Å²) in [7, 11) is 1.27. The van der Waals surface area contributed by atoms with Gasteiger partial charge in [0, 0.05) is 11.0 Å². The molecule has 0 fully saturated rings. The number of carbonyl (C=O) groups is 2. The molecule has 0 unspecified atom stereocenters. The maximum atomic E-state index is 12.6. The Bertz CT molecular complexity index is 1090. The molecule has 1 amide bonds. The molecule has 3 rings (SSSR count). The second-order valence-corrected chi connectivity index (χ2v) is 6.84. The second-order valence-electron chi connectivity index (χ2n) is 5.78. The lowest BCUT2D eigenvalue weighted by molar-refractivity contribution is -0.112. The number of aryl methyl sites for hydroxylation is 1. The number of thiophene rings is 1. The molecule has 2 aromatic heterocycles. The Morgan fingerprint density at radius 3 is 2.57 bits per heavy atom. The molecule has 0 atom stereocenters. The molecule has 0 spiro atoms. The Kier molecular flexibility index (Phi) is 5.72.